The number of nitrogens with one attached hydrogen (secondary N) is 1. The Morgan fingerprint density at radius 2 is 1.19 bits per heavy atom. The number of carbonyl (C=O) groups is 2. The number of aromatic hydroxyl groups is 4. The predicted octanol–water partition coefficient (Wildman–Crippen LogP) is 5.23. The molecule has 13 heteroatoms. The lowest BCUT2D eigenvalue weighted by Gasteiger charge is -2.24. The van der Waals surface area contributed by atoms with Crippen molar-refractivity contribution in [3.63, 3.8) is 0 Å². The third-order valence-corrected chi connectivity index (χ3v) is 7.60. The van der Waals surface area contributed by atoms with Crippen LogP contribution in [0.4, 0.5) is 0 Å². The first-order chi connectivity index (χ1) is 23.1. The van der Waals surface area contributed by atoms with Crippen LogP contribution >= 0.6 is 0 Å². The van der Waals surface area contributed by atoms with Crippen LogP contribution in [-0.4, -0.2) is 70.5 Å². The van der Waals surface area contributed by atoms with E-state index in [1.165, 1.54) is 38.5 Å². The lowest BCUT2D eigenvalue weighted by atomic mass is 10.1. The Balaban J connectivity index is 1.70. The third kappa shape index (κ3) is 8.66. The molecule has 0 saturated heterocycles. The summed E-state index contributed by atoms with van der Waals surface area (Å²) in [5.74, 6) is -1.20. The number of aliphatic imine (C=N–C) groups is 2. The summed E-state index contributed by atoms with van der Waals surface area (Å²) in [6, 6.07) is 12.9. The molecule has 3 unspecified atom stereocenters. The minimum absolute atomic E-state index is 0.137. The van der Waals surface area contributed by atoms with E-state index >= 15 is 0 Å². The summed E-state index contributed by atoms with van der Waals surface area (Å²) in [4.78, 5) is 33.8. The van der Waals surface area contributed by atoms with Crippen molar-refractivity contribution in [1.82, 2.24) is 5.32 Å². The molecular weight excluding hydrogens is 622 g/mol. The second kappa shape index (κ2) is 16.4. The molecule has 0 saturated carbocycles. The van der Waals surface area contributed by atoms with Gasteiger partial charge in [0.2, 0.25) is 0 Å². The molecule has 0 aliphatic carbocycles. The number of benzene rings is 3. The number of hydrogen-bond donors (Lipinski definition) is 5. The van der Waals surface area contributed by atoms with E-state index in [0.29, 0.717) is 12.8 Å². The van der Waals surface area contributed by atoms with Gasteiger partial charge in [0, 0.05) is 23.8 Å². The van der Waals surface area contributed by atoms with Crippen LogP contribution in [0.2, 0.25) is 0 Å². The van der Waals surface area contributed by atoms with Crippen molar-refractivity contribution in [3.8, 4) is 34.5 Å². The largest absolute Gasteiger partial charge is 0.508 e. The Hall–Kier alpha value is -5.46. The van der Waals surface area contributed by atoms with Gasteiger partial charge in [0.1, 0.15) is 46.2 Å². The molecule has 0 spiro atoms. The highest BCUT2D eigenvalue weighted by atomic mass is 16.6. The molecule has 256 valence electrons. The first-order valence-electron chi connectivity index (χ1n) is 15.7. The molecule has 3 atom stereocenters. The van der Waals surface area contributed by atoms with Crippen LogP contribution in [0.1, 0.15) is 75.2 Å². The zero-order valence-electron chi connectivity index (χ0n) is 27.3. The highest BCUT2D eigenvalue weighted by Crippen LogP contribution is 2.36. The molecule has 0 fully saturated rings. The molecule has 1 aliphatic rings. The molecule has 0 amide bonds. The summed E-state index contributed by atoms with van der Waals surface area (Å²) >= 11 is 0. The van der Waals surface area contributed by atoms with E-state index in [-0.39, 0.29) is 62.9 Å². The van der Waals surface area contributed by atoms with Crippen LogP contribution in [0.3, 0.4) is 0 Å². The summed E-state index contributed by atoms with van der Waals surface area (Å²) in [5, 5.41) is 45.7. The summed E-state index contributed by atoms with van der Waals surface area (Å²) in [5.41, 5.74) is 0.715. The van der Waals surface area contributed by atoms with E-state index in [2.05, 4.69) is 15.3 Å². The van der Waals surface area contributed by atoms with E-state index in [9.17, 15) is 30.0 Å². The van der Waals surface area contributed by atoms with Gasteiger partial charge in [-0.1, -0.05) is 26.7 Å². The van der Waals surface area contributed by atoms with Crippen molar-refractivity contribution in [2.45, 2.75) is 70.7 Å². The van der Waals surface area contributed by atoms with Gasteiger partial charge in [-0.05, 0) is 62.1 Å². The third-order valence-electron chi connectivity index (χ3n) is 7.60. The Morgan fingerprint density at radius 3 is 1.65 bits per heavy atom. The number of methoxy groups -OCH3 is 2. The number of ether oxygens (including phenoxy) is 4. The standard InChI is InChI=1S/C35H41N3O10/c1-5-7-9-29(34(43)45-3)47-21-12-15-24(27(41)18-21)32-36-31(23-14-11-20(39)17-26(23)40)37-33(38-32)25-16-13-22(19-28(25)42)48-30(10-8-6-2)35(44)46-4/h11-19,29-30,32,39-42H,5-10H2,1-4H3,(H,36,37,38). The van der Waals surface area contributed by atoms with Gasteiger partial charge < -0.3 is 44.7 Å². The zero-order chi connectivity index (χ0) is 34.8. The van der Waals surface area contributed by atoms with Crippen LogP contribution in [-0.2, 0) is 19.1 Å². The van der Waals surface area contributed by atoms with Crippen LogP contribution in [0.5, 0.6) is 34.5 Å². The SMILES string of the molecule is CCCCC(Oc1ccc(C2=NC(c3ccc(OC(CCCC)C(=O)OC)cc3O)N=C(c3ccc(O)cc3O)N2)c(O)c1)C(=O)OC. The Morgan fingerprint density at radius 1 is 0.708 bits per heavy atom. The van der Waals surface area contributed by atoms with Gasteiger partial charge in [-0.2, -0.15) is 0 Å². The highest BCUT2D eigenvalue weighted by Gasteiger charge is 2.27. The summed E-state index contributed by atoms with van der Waals surface area (Å²) < 4.78 is 21.4. The van der Waals surface area contributed by atoms with Crippen molar-refractivity contribution >= 4 is 23.6 Å². The van der Waals surface area contributed by atoms with Crippen LogP contribution < -0.4 is 14.8 Å². The molecule has 1 heterocycles. The second-order valence-corrected chi connectivity index (χ2v) is 11.1. The zero-order valence-corrected chi connectivity index (χ0v) is 27.3. The van der Waals surface area contributed by atoms with Crippen LogP contribution in [0.15, 0.2) is 64.6 Å². The number of nitrogens with zero attached hydrogens (tertiary/aromatic N) is 2. The molecule has 5 N–H and O–H groups in total. The van der Waals surface area contributed by atoms with Gasteiger partial charge in [-0.25, -0.2) is 19.6 Å². The highest BCUT2D eigenvalue weighted by molar-refractivity contribution is 6.17. The normalized spacial score (nSPS) is 15.3. The molecule has 3 aromatic carbocycles. The van der Waals surface area contributed by atoms with Crippen molar-refractivity contribution in [2.24, 2.45) is 9.98 Å². The first-order valence-corrected chi connectivity index (χ1v) is 15.7. The molecule has 3 aromatic rings. The lowest BCUT2D eigenvalue weighted by molar-refractivity contribution is -0.149. The molecule has 4 rings (SSSR count). The molecule has 0 aromatic heterocycles. The fourth-order valence-corrected chi connectivity index (χ4v) is 5.00. The Kier molecular flexibility index (Phi) is 12.1. The van der Waals surface area contributed by atoms with E-state index < -0.39 is 30.3 Å². The van der Waals surface area contributed by atoms with Crippen LogP contribution in [0.25, 0.3) is 0 Å². The van der Waals surface area contributed by atoms with E-state index in [4.69, 9.17) is 18.9 Å². The fourth-order valence-electron chi connectivity index (χ4n) is 5.00. The van der Waals surface area contributed by atoms with Crippen molar-refractivity contribution in [2.75, 3.05) is 14.2 Å². The quantitative estimate of drug-likeness (QED) is 0.134. The first kappa shape index (κ1) is 35.4. The summed E-state index contributed by atoms with van der Waals surface area (Å²) in [6.07, 6.45) is 1.29. The van der Waals surface area contributed by atoms with Gasteiger partial charge in [0.15, 0.2) is 18.4 Å². The van der Waals surface area contributed by atoms with Gasteiger partial charge in [-0.3, -0.25) is 0 Å². The number of carbonyl (C=O) groups excluding carboxylic acids is 2. The lowest BCUT2D eigenvalue weighted by Crippen LogP contribution is -2.36. The number of hydrogen-bond acceptors (Lipinski definition) is 13. The maximum atomic E-state index is 12.3. The predicted molar refractivity (Wildman–Crippen MR) is 177 cm³/mol. The van der Waals surface area contributed by atoms with Gasteiger partial charge in [0.05, 0.1) is 25.3 Å². The van der Waals surface area contributed by atoms with Crippen molar-refractivity contribution < 1.29 is 49.0 Å². The molecule has 13 nitrogen and oxygen atoms in total. The molecule has 48 heavy (non-hydrogen) atoms. The maximum absolute atomic E-state index is 12.3. The maximum Gasteiger partial charge on any atom is 0.347 e. The molecule has 0 bridgehead atoms. The summed E-state index contributed by atoms with van der Waals surface area (Å²) in [6.45, 7) is 3.99. The van der Waals surface area contributed by atoms with Crippen molar-refractivity contribution in [1.29, 1.82) is 0 Å². The number of amidine groups is 2. The number of unbranched alkanes of at least 4 members (excludes halogenated alkanes) is 2. The van der Waals surface area contributed by atoms with E-state index in [1.807, 2.05) is 13.8 Å². The average molecular weight is 664 g/mol. The molecular formula is C35H41N3O10. The topological polar surface area (TPSA) is 189 Å². The minimum Gasteiger partial charge on any atom is -0.508 e. The van der Waals surface area contributed by atoms with Crippen LogP contribution in [0, 0.1) is 0 Å². The second-order valence-electron chi connectivity index (χ2n) is 11.1. The smallest absolute Gasteiger partial charge is 0.347 e. The van der Waals surface area contributed by atoms with E-state index in [0.717, 1.165) is 31.7 Å². The fraction of sp³-hybridized carbons (Fsp3) is 0.371. The Bertz CT molecular complexity index is 1670. The molecule has 1 aliphatic heterocycles. The average Bonchev–Trinajstić information content (AvgIpc) is 3.07. The molecule has 0 radical (unpaired) electrons. The van der Waals surface area contributed by atoms with Gasteiger partial charge in [0.25, 0.3) is 0 Å². The number of esters is 2. The van der Waals surface area contributed by atoms with Gasteiger partial charge >= 0.3 is 11.9 Å². The number of phenolic OH excluding ortho intramolecular Hbond substituents is 4. The number of rotatable bonds is 15. The van der Waals surface area contributed by atoms with Crippen molar-refractivity contribution in [3.05, 3.63) is 71.3 Å². The monoisotopic (exact) mass is 663 g/mol. The number of phenols is 4. The Labute approximate surface area is 278 Å². The minimum atomic E-state index is -1.07. The summed E-state index contributed by atoms with van der Waals surface area (Å²) in [7, 11) is 2.56. The van der Waals surface area contributed by atoms with E-state index in [1.54, 1.807) is 24.3 Å². The van der Waals surface area contributed by atoms with Gasteiger partial charge in [-0.15, -0.1) is 0 Å².